The van der Waals surface area contributed by atoms with Crippen LogP contribution in [0.25, 0.3) is 0 Å². The zero-order valence-corrected chi connectivity index (χ0v) is 13.4. The van der Waals surface area contributed by atoms with Crippen molar-refractivity contribution in [3.8, 4) is 0 Å². The third-order valence-electron chi connectivity index (χ3n) is 4.46. The lowest BCUT2D eigenvalue weighted by Gasteiger charge is -2.34. The fourth-order valence-corrected chi connectivity index (χ4v) is 2.99. The molecule has 1 saturated heterocycles. The molecule has 0 atom stereocenters. The Hall–Kier alpha value is -2.48. The summed E-state index contributed by atoms with van der Waals surface area (Å²) in [6.45, 7) is 2.81. The van der Waals surface area contributed by atoms with Crippen LogP contribution in [0.4, 0.5) is 5.69 Å². The average molecular weight is 333 g/mol. The van der Waals surface area contributed by atoms with E-state index in [1.165, 1.54) is 32.1 Å². The number of amides is 1. The van der Waals surface area contributed by atoms with Crippen LogP contribution in [0.3, 0.4) is 0 Å². The first-order valence-electron chi connectivity index (χ1n) is 7.90. The van der Waals surface area contributed by atoms with Gasteiger partial charge in [-0.05, 0) is 18.9 Å². The number of nitro benzene ring substituents is 1. The number of ether oxygens (including phenoxy) is 1. The third-order valence-corrected chi connectivity index (χ3v) is 4.46. The highest BCUT2D eigenvalue weighted by Gasteiger charge is 2.32. The summed E-state index contributed by atoms with van der Waals surface area (Å²) in [6, 6.07) is 4.34. The standard InChI is InChI=1S/C16H19N3O5/c1-24-16(21)12-8-11(9-14(10-12)19(22)23)15(20)18-6-4-17(5-7-18)13-2-3-13/h8-10,13H,2-7H2,1H3. The molecule has 3 rings (SSSR count). The van der Waals surface area contributed by atoms with E-state index in [4.69, 9.17) is 0 Å². The van der Waals surface area contributed by atoms with Crippen molar-refractivity contribution in [1.29, 1.82) is 0 Å². The van der Waals surface area contributed by atoms with Crippen molar-refractivity contribution in [2.75, 3.05) is 33.3 Å². The molecule has 0 radical (unpaired) electrons. The van der Waals surface area contributed by atoms with E-state index in [1.807, 2.05) is 0 Å². The summed E-state index contributed by atoms with van der Waals surface area (Å²) in [5, 5.41) is 11.1. The molecule has 0 bridgehead atoms. The molecule has 1 heterocycles. The molecule has 2 fully saturated rings. The summed E-state index contributed by atoms with van der Waals surface area (Å²) in [7, 11) is 1.19. The van der Waals surface area contributed by atoms with Gasteiger partial charge in [-0.25, -0.2) is 4.79 Å². The van der Waals surface area contributed by atoms with E-state index < -0.39 is 10.9 Å². The average Bonchev–Trinajstić information content (AvgIpc) is 3.45. The summed E-state index contributed by atoms with van der Waals surface area (Å²) in [5.41, 5.74) is -0.144. The summed E-state index contributed by atoms with van der Waals surface area (Å²) in [5.74, 6) is -0.995. The molecule has 8 heteroatoms. The lowest BCUT2D eigenvalue weighted by atomic mass is 10.1. The molecule has 1 amide bonds. The fourth-order valence-electron chi connectivity index (χ4n) is 2.99. The number of hydrogen-bond donors (Lipinski definition) is 0. The van der Waals surface area contributed by atoms with Crippen LogP contribution in [0.5, 0.6) is 0 Å². The van der Waals surface area contributed by atoms with Gasteiger partial charge in [-0.15, -0.1) is 0 Å². The highest BCUT2D eigenvalue weighted by molar-refractivity contribution is 5.99. The van der Waals surface area contributed by atoms with Crippen molar-refractivity contribution in [2.45, 2.75) is 18.9 Å². The number of non-ortho nitro benzene ring substituents is 1. The highest BCUT2D eigenvalue weighted by atomic mass is 16.6. The lowest BCUT2D eigenvalue weighted by Crippen LogP contribution is -2.49. The minimum Gasteiger partial charge on any atom is -0.465 e. The molecule has 8 nitrogen and oxygen atoms in total. The van der Waals surface area contributed by atoms with Gasteiger partial charge in [0.05, 0.1) is 17.6 Å². The van der Waals surface area contributed by atoms with Gasteiger partial charge in [0, 0.05) is 49.9 Å². The van der Waals surface area contributed by atoms with Gasteiger partial charge in [0.15, 0.2) is 0 Å². The molecule has 0 spiro atoms. The second-order valence-corrected chi connectivity index (χ2v) is 6.08. The van der Waals surface area contributed by atoms with Gasteiger partial charge in [0.2, 0.25) is 0 Å². The number of piperazine rings is 1. The molecule has 1 aliphatic carbocycles. The van der Waals surface area contributed by atoms with E-state index in [0.29, 0.717) is 19.1 Å². The maximum Gasteiger partial charge on any atom is 0.338 e. The second-order valence-electron chi connectivity index (χ2n) is 6.08. The number of nitrogens with zero attached hydrogens (tertiary/aromatic N) is 3. The van der Waals surface area contributed by atoms with Crippen LogP contribution < -0.4 is 0 Å². The van der Waals surface area contributed by atoms with Gasteiger partial charge in [-0.3, -0.25) is 19.8 Å². The number of carbonyl (C=O) groups is 2. The third kappa shape index (κ3) is 3.38. The van der Waals surface area contributed by atoms with Crippen molar-refractivity contribution in [2.24, 2.45) is 0 Å². The molecule has 24 heavy (non-hydrogen) atoms. The first-order chi connectivity index (χ1) is 11.5. The number of hydrogen-bond acceptors (Lipinski definition) is 6. The first-order valence-corrected chi connectivity index (χ1v) is 7.90. The molecule has 1 aromatic rings. The Morgan fingerprint density at radius 2 is 1.75 bits per heavy atom. The quantitative estimate of drug-likeness (QED) is 0.468. The van der Waals surface area contributed by atoms with E-state index >= 15 is 0 Å². The van der Waals surface area contributed by atoms with Crippen LogP contribution in [0.1, 0.15) is 33.6 Å². The van der Waals surface area contributed by atoms with E-state index in [2.05, 4.69) is 9.64 Å². The maximum absolute atomic E-state index is 12.7. The lowest BCUT2D eigenvalue weighted by molar-refractivity contribution is -0.384. The summed E-state index contributed by atoms with van der Waals surface area (Å²) in [4.78, 5) is 38.8. The Morgan fingerprint density at radius 3 is 2.29 bits per heavy atom. The van der Waals surface area contributed by atoms with Gasteiger partial charge < -0.3 is 9.64 Å². The molecule has 1 aliphatic heterocycles. The zero-order chi connectivity index (χ0) is 17.3. The molecular weight excluding hydrogens is 314 g/mol. The normalized spacial score (nSPS) is 18.3. The molecule has 0 N–H and O–H groups in total. The minimum absolute atomic E-state index is 0.00617. The summed E-state index contributed by atoms with van der Waals surface area (Å²) < 4.78 is 4.61. The van der Waals surface area contributed by atoms with Crippen molar-refractivity contribution in [3.05, 3.63) is 39.4 Å². The van der Waals surface area contributed by atoms with Crippen LogP contribution in [0.2, 0.25) is 0 Å². The predicted molar refractivity (Wildman–Crippen MR) is 84.9 cm³/mol. The minimum atomic E-state index is -0.702. The maximum atomic E-state index is 12.7. The Morgan fingerprint density at radius 1 is 1.12 bits per heavy atom. The highest BCUT2D eigenvalue weighted by Crippen LogP contribution is 2.28. The van der Waals surface area contributed by atoms with E-state index in [-0.39, 0.29) is 22.7 Å². The molecule has 128 valence electrons. The number of nitro groups is 1. The molecule has 1 aromatic carbocycles. The number of benzene rings is 1. The molecule has 2 aliphatic rings. The number of carbonyl (C=O) groups excluding carboxylic acids is 2. The van der Waals surface area contributed by atoms with Crippen molar-refractivity contribution >= 4 is 17.6 Å². The van der Waals surface area contributed by atoms with Gasteiger partial charge in [-0.1, -0.05) is 0 Å². The fraction of sp³-hybridized carbons (Fsp3) is 0.500. The first kappa shape index (κ1) is 16.4. The van der Waals surface area contributed by atoms with Crippen LogP contribution in [0, 0.1) is 10.1 Å². The van der Waals surface area contributed by atoms with Gasteiger partial charge in [0.25, 0.3) is 11.6 Å². The van der Waals surface area contributed by atoms with Crippen LogP contribution in [-0.4, -0.2) is 65.9 Å². The Labute approximate surface area is 139 Å². The van der Waals surface area contributed by atoms with Crippen molar-refractivity contribution in [1.82, 2.24) is 9.80 Å². The van der Waals surface area contributed by atoms with Crippen LogP contribution in [-0.2, 0) is 4.74 Å². The largest absolute Gasteiger partial charge is 0.465 e. The van der Waals surface area contributed by atoms with Gasteiger partial charge >= 0.3 is 5.97 Å². The molecule has 0 unspecified atom stereocenters. The van der Waals surface area contributed by atoms with Crippen LogP contribution in [0.15, 0.2) is 18.2 Å². The molecule has 1 saturated carbocycles. The van der Waals surface area contributed by atoms with Crippen molar-refractivity contribution in [3.63, 3.8) is 0 Å². The summed E-state index contributed by atoms with van der Waals surface area (Å²) >= 11 is 0. The Balaban J connectivity index is 1.79. The van der Waals surface area contributed by atoms with E-state index in [9.17, 15) is 19.7 Å². The Bertz CT molecular complexity index is 678. The molecular formula is C16H19N3O5. The Kier molecular flexibility index (Phi) is 4.48. The van der Waals surface area contributed by atoms with Gasteiger partial charge in [0.1, 0.15) is 0 Å². The summed E-state index contributed by atoms with van der Waals surface area (Å²) in [6.07, 6.45) is 2.45. The topological polar surface area (TPSA) is 93.0 Å². The van der Waals surface area contributed by atoms with Crippen LogP contribution >= 0.6 is 0 Å². The van der Waals surface area contributed by atoms with Gasteiger partial charge in [-0.2, -0.15) is 0 Å². The smallest absolute Gasteiger partial charge is 0.338 e. The monoisotopic (exact) mass is 333 g/mol. The van der Waals surface area contributed by atoms with E-state index in [1.54, 1.807) is 4.90 Å². The SMILES string of the molecule is COC(=O)c1cc(C(=O)N2CCN(C3CC3)CC2)cc([N+](=O)[O-])c1. The van der Waals surface area contributed by atoms with Crippen molar-refractivity contribution < 1.29 is 19.2 Å². The predicted octanol–water partition coefficient (Wildman–Crippen LogP) is 1.30. The molecule has 0 aromatic heterocycles. The second kappa shape index (κ2) is 6.56. The number of methoxy groups -OCH3 is 1. The zero-order valence-electron chi connectivity index (χ0n) is 13.4. The van der Waals surface area contributed by atoms with E-state index in [0.717, 1.165) is 19.2 Å². The number of rotatable bonds is 4. The number of esters is 1.